The van der Waals surface area contributed by atoms with Crippen LogP contribution in [0.15, 0.2) is 97.1 Å². The van der Waals surface area contributed by atoms with E-state index in [0.29, 0.717) is 23.4 Å². The molecule has 8 nitrogen and oxygen atoms in total. The smallest absolute Gasteiger partial charge is 0.255 e. The molecule has 44 heavy (non-hydrogen) atoms. The molecule has 0 saturated carbocycles. The van der Waals surface area contributed by atoms with Crippen molar-refractivity contribution < 1.29 is 19.1 Å². The van der Waals surface area contributed by atoms with E-state index >= 15 is 0 Å². The zero-order valence-electron chi connectivity index (χ0n) is 25.0. The van der Waals surface area contributed by atoms with Crippen molar-refractivity contribution in [3.05, 3.63) is 108 Å². The predicted molar refractivity (Wildman–Crippen MR) is 175 cm³/mol. The number of methoxy groups -OCH3 is 1. The van der Waals surface area contributed by atoms with Crippen molar-refractivity contribution in [1.82, 2.24) is 5.32 Å². The Morgan fingerprint density at radius 2 is 1.48 bits per heavy atom. The van der Waals surface area contributed by atoms with E-state index in [9.17, 15) is 9.59 Å². The molecule has 4 aromatic carbocycles. The standard InChI is InChI=1S/C36H38N4O4/c1-43-34-12-6-5-11-33(34)40-21-19-39(20-22-40)32-18-17-29(24-31(32)36(42)37-25-30-10-7-23-44-30)38-35(41)28-15-13-27(14-16-28)26-8-3-2-4-9-26/h2-6,8-9,11-18,24,30H,7,10,19-23,25H2,1H3,(H,37,42)(H,38,41). The molecule has 2 fully saturated rings. The van der Waals surface area contributed by atoms with Gasteiger partial charge in [-0.1, -0.05) is 54.6 Å². The Bertz CT molecular complexity index is 1580. The van der Waals surface area contributed by atoms with Gasteiger partial charge in [0.2, 0.25) is 0 Å². The van der Waals surface area contributed by atoms with E-state index in [1.807, 2.05) is 84.9 Å². The molecule has 2 aliphatic rings. The van der Waals surface area contributed by atoms with Crippen molar-refractivity contribution in [1.29, 1.82) is 0 Å². The summed E-state index contributed by atoms with van der Waals surface area (Å²) in [5, 5.41) is 6.07. The Kier molecular flexibility index (Phi) is 9.08. The van der Waals surface area contributed by atoms with Crippen LogP contribution in [0.25, 0.3) is 11.1 Å². The van der Waals surface area contributed by atoms with E-state index in [-0.39, 0.29) is 17.9 Å². The molecule has 0 spiro atoms. The van der Waals surface area contributed by atoms with Gasteiger partial charge in [0.05, 0.1) is 24.5 Å². The summed E-state index contributed by atoms with van der Waals surface area (Å²) in [6.45, 7) is 4.25. The lowest BCUT2D eigenvalue weighted by molar-refractivity contribution is 0.0858. The molecular formula is C36H38N4O4. The molecule has 2 heterocycles. The quantitative estimate of drug-likeness (QED) is 0.255. The van der Waals surface area contributed by atoms with Gasteiger partial charge in [0, 0.05) is 56.3 Å². The molecule has 1 unspecified atom stereocenters. The third kappa shape index (κ3) is 6.71. The average Bonchev–Trinajstić information content (AvgIpc) is 3.62. The Morgan fingerprint density at radius 3 is 2.18 bits per heavy atom. The molecule has 0 radical (unpaired) electrons. The summed E-state index contributed by atoms with van der Waals surface area (Å²) in [6.07, 6.45) is 1.99. The van der Waals surface area contributed by atoms with Gasteiger partial charge in [0.25, 0.3) is 11.8 Å². The SMILES string of the molecule is COc1ccccc1N1CCN(c2ccc(NC(=O)c3ccc(-c4ccccc4)cc3)cc2C(=O)NCC2CCCO2)CC1. The van der Waals surface area contributed by atoms with Gasteiger partial charge in [0.15, 0.2) is 0 Å². The first kappa shape index (κ1) is 29.3. The minimum absolute atomic E-state index is 0.0357. The first-order chi connectivity index (χ1) is 21.6. The number of para-hydroxylation sites is 2. The van der Waals surface area contributed by atoms with Crippen LogP contribution in [0.2, 0.25) is 0 Å². The first-order valence-corrected chi connectivity index (χ1v) is 15.2. The predicted octanol–water partition coefficient (Wildman–Crippen LogP) is 5.85. The van der Waals surface area contributed by atoms with E-state index in [0.717, 1.165) is 73.9 Å². The number of amides is 2. The van der Waals surface area contributed by atoms with Crippen LogP contribution in [0, 0.1) is 0 Å². The maximum absolute atomic E-state index is 13.6. The van der Waals surface area contributed by atoms with Crippen molar-refractivity contribution >= 4 is 28.9 Å². The van der Waals surface area contributed by atoms with Crippen molar-refractivity contribution in [2.24, 2.45) is 0 Å². The van der Waals surface area contributed by atoms with Crippen LogP contribution >= 0.6 is 0 Å². The molecule has 6 rings (SSSR count). The normalized spacial score (nSPS) is 16.4. The maximum atomic E-state index is 13.6. The number of rotatable bonds is 9. The summed E-state index contributed by atoms with van der Waals surface area (Å²) >= 11 is 0. The van der Waals surface area contributed by atoms with Crippen LogP contribution in [0.5, 0.6) is 5.75 Å². The third-order valence-electron chi connectivity index (χ3n) is 8.31. The van der Waals surface area contributed by atoms with Gasteiger partial charge in [-0.3, -0.25) is 9.59 Å². The lowest BCUT2D eigenvalue weighted by Crippen LogP contribution is -2.47. The van der Waals surface area contributed by atoms with Gasteiger partial charge in [-0.15, -0.1) is 0 Å². The Balaban J connectivity index is 1.19. The summed E-state index contributed by atoms with van der Waals surface area (Å²) in [7, 11) is 1.69. The van der Waals surface area contributed by atoms with Crippen molar-refractivity contribution in [2.75, 3.05) is 61.6 Å². The number of ether oxygens (including phenoxy) is 2. The van der Waals surface area contributed by atoms with Gasteiger partial charge in [-0.25, -0.2) is 0 Å². The molecule has 8 heteroatoms. The highest BCUT2D eigenvalue weighted by molar-refractivity contribution is 6.06. The van der Waals surface area contributed by atoms with Crippen LogP contribution in [0.3, 0.4) is 0 Å². The number of piperazine rings is 1. The highest BCUT2D eigenvalue weighted by Gasteiger charge is 2.25. The second-order valence-corrected chi connectivity index (χ2v) is 11.1. The lowest BCUT2D eigenvalue weighted by atomic mass is 10.0. The van der Waals surface area contributed by atoms with Crippen molar-refractivity contribution in [2.45, 2.75) is 18.9 Å². The van der Waals surface area contributed by atoms with E-state index in [1.165, 1.54) is 0 Å². The first-order valence-electron chi connectivity index (χ1n) is 15.2. The molecule has 0 bridgehead atoms. The average molecular weight is 591 g/mol. The minimum Gasteiger partial charge on any atom is -0.495 e. The fraction of sp³-hybridized carbons (Fsp3) is 0.278. The van der Waals surface area contributed by atoms with Crippen LogP contribution in [0.4, 0.5) is 17.1 Å². The minimum atomic E-state index is -0.228. The van der Waals surface area contributed by atoms with Gasteiger partial charge in [0.1, 0.15) is 5.75 Å². The van der Waals surface area contributed by atoms with Crippen LogP contribution in [-0.4, -0.2) is 64.4 Å². The third-order valence-corrected chi connectivity index (χ3v) is 8.31. The van der Waals surface area contributed by atoms with Crippen LogP contribution in [-0.2, 0) is 4.74 Å². The van der Waals surface area contributed by atoms with Gasteiger partial charge in [-0.05, 0) is 66.4 Å². The zero-order chi connectivity index (χ0) is 30.3. The fourth-order valence-corrected chi connectivity index (χ4v) is 5.91. The zero-order valence-corrected chi connectivity index (χ0v) is 25.0. The summed E-state index contributed by atoms with van der Waals surface area (Å²) in [4.78, 5) is 31.3. The van der Waals surface area contributed by atoms with Crippen LogP contribution < -0.4 is 25.2 Å². The van der Waals surface area contributed by atoms with Crippen molar-refractivity contribution in [3.8, 4) is 16.9 Å². The number of carbonyl (C=O) groups is 2. The van der Waals surface area contributed by atoms with Gasteiger partial charge >= 0.3 is 0 Å². The Hall–Kier alpha value is -4.82. The summed E-state index contributed by atoms with van der Waals surface area (Å²) in [5.74, 6) is 0.449. The number of anilines is 3. The van der Waals surface area contributed by atoms with Gasteiger partial charge in [-0.2, -0.15) is 0 Å². The van der Waals surface area contributed by atoms with Gasteiger partial charge < -0.3 is 29.9 Å². The molecule has 2 N–H and O–H groups in total. The molecule has 2 aliphatic heterocycles. The molecule has 0 aromatic heterocycles. The van der Waals surface area contributed by atoms with E-state index in [1.54, 1.807) is 13.2 Å². The molecule has 2 amide bonds. The second-order valence-electron chi connectivity index (χ2n) is 11.1. The largest absolute Gasteiger partial charge is 0.495 e. The molecule has 226 valence electrons. The Labute approximate surface area is 258 Å². The number of carbonyl (C=O) groups excluding carboxylic acids is 2. The van der Waals surface area contributed by atoms with Crippen LogP contribution in [0.1, 0.15) is 33.6 Å². The second kappa shape index (κ2) is 13.7. The number of nitrogens with zero attached hydrogens (tertiary/aromatic N) is 2. The highest BCUT2D eigenvalue weighted by atomic mass is 16.5. The van der Waals surface area contributed by atoms with E-state index in [2.05, 4.69) is 26.5 Å². The monoisotopic (exact) mass is 590 g/mol. The number of hydrogen-bond donors (Lipinski definition) is 2. The molecule has 4 aromatic rings. The maximum Gasteiger partial charge on any atom is 0.255 e. The molecular weight excluding hydrogens is 552 g/mol. The lowest BCUT2D eigenvalue weighted by Gasteiger charge is -2.38. The topological polar surface area (TPSA) is 83.1 Å². The Morgan fingerprint density at radius 1 is 0.795 bits per heavy atom. The highest BCUT2D eigenvalue weighted by Crippen LogP contribution is 2.31. The number of nitrogens with one attached hydrogen (secondary N) is 2. The number of hydrogen-bond acceptors (Lipinski definition) is 6. The molecule has 2 saturated heterocycles. The summed E-state index contributed by atoms with van der Waals surface area (Å²) in [5.41, 5.74) is 5.70. The number of benzene rings is 4. The molecule has 1 atom stereocenters. The van der Waals surface area contributed by atoms with E-state index in [4.69, 9.17) is 9.47 Å². The summed E-state index contributed by atoms with van der Waals surface area (Å²) in [6, 6.07) is 31.2. The van der Waals surface area contributed by atoms with E-state index < -0.39 is 0 Å². The molecule has 0 aliphatic carbocycles. The van der Waals surface area contributed by atoms with Crippen molar-refractivity contribution in [3.63, 3.8) is 0 Å². The fourth-order valence-electron chi connectivity index (χ4n) is 5.91. The summed E-state index contributed by atoms with van der Waals surface area (Å²) < 4.78 is 11.3.